The molecule has 8 nitrogen and oxygen atoms in total. The van der Waals surface area contributed by atoms with Crippen molar-refractivity contribution < 1.29 is 8.83 Å². The van der Waals surface area contributed by atoms with Crippen LogP contribution in [0.5, 0.6) is 0 Å². The van der Waals surface area contributed by atoms with Gasteiger partial charge in [0, 0.05) is 80.0 Å². The van der Waals surface area contributed by atoms with Gasteiger partial charge in [0.25, 0.3) is 0 Å². The maximum Gasteiger partial charge on any atom is 0.164 e. The number of fused-ring (bicyclic) bond motifs is 11. The summed E-state index contributed by atoms with van der Waals surface area (Å²) in [5.74, 6) is 1.56. The van der Waals surface area contributed by atoms with Crippen molar-refractivity contribution in [3.63, 3.8) is 0 Å². The van der Waals surface area contributed by atoms with Gasteiger partial charge < -0.3 is 8.83 Å². The van der Waals surface area contributed by atoms with Crippen LogP contribution in [-0.4, -0.2) is 29.9 Å². The lowest BCUT2D eigenvalue weighted by Crippen LogP contribution is -2.01. The largest absolute Gasteiger partial charge is 0.456 e. The third-order valence-corrected chi connectivity index (χ3v) is 9.58. The number of pyridine rings is 3. The van der Waals surface area contributed by atoms with Gasteiger partial charge in [-0.25, -0.2) is 15.0 Å². The highest BCUT2D eigenvalue weighted by Gasteiger charge is 2.21. The van der Waals surface area contributed by atoms with Crippen LogP contribution < -0.4 is 0 Å². The van der Waals surface area contributed by atoms with Gasteiger partial charge in [0.1, 0.15) is 22.3 Å². The first-order valence-electron chi connectivity index (χ1n) is 16.3. The summed E-state index contributed by atoms with van der Waals surface area (Å²) in [6.07, 6.45) is 8.94. The van der Waals surface area contributed by atoms with Crippen molar-refractivity contribution in [2.75, 3.05) is 0 Å². The van der Waals surface area contributed by atoms with Gasteiger partial charge in [0.15, 0.2) is 17.5 Å². The molecular formula is C42H22N6O2. The van der Waals surface area contributed by atoms with E-state index < -0.39 is 0 Å². The van der Waals surface area contributed by atoms with Gasteiger partial charge in [-0.05, 0) is 46.5 Å². The van der Waals surface area contributed by atoms with Gasteiger partial charge >= 0.3 is 0 Å². The Morgan fingerprint density at radius 3 is 1.66 bits per heavy atom. The summed E-state index contributed by atoms with van der Waals surface area (Å²) in [6.45, 7) is 0. The van der Waals surface area contributed by atoms with E-state index in [1.54, 1.807) is 12.4 Å². The number of nitrogens with zero attached hydrogens (tertiary/aromatic N) is 6. The van der Waals surface area contributed by atoms with E-state index in [-0.39, 0.29) is 0 Å². The summed E-state index contributed by atoms with van der Waals surface area (Å²) in [7, 11) is 0. The molecule has 11 aromatic rings. The van der Waals surface area contributed by atoms with E-state index in [4.69, 9.17) is 28.8 Å². The summed E-state index contributed by atoms with van der Waals surface area (Å²) >= 11 is 0. The van der Waals surface area contributed by atoms with E-state index in [1.807, 2.05) is 73.2 Å². The van der Waals surface area contributed by atoms with Crippen molar-refractivity contribution in [2.24, 2.45) is 0 Å². The van der Waals surface area contributed by atoms with Crippen LogP contribution in [0.15, 0.2) is 143 Å². The maximum absolute atomic E-state index is 6.23. The Bertz CT molecular complexity index is 3050. The van der Waals surface area contributed by atoms with Crippen LogP contribution in [-0.2, 0) is 0 Å². The van der Waals surface area contributed by atoms with E-state index in [2.05, 4.69) is 58.5 Å². The molecule has 6 heterocycles. The fourth-order valence-corrected chi connectivity index (χ4v) is 7.35. The predicted octanol–water partition coefficient (Wildman–Crippen LogP) is 10.3. The van der Waals surface area contributed by atoms with Crippen molar-refractivity contribution in [1.29, 1.82) is 0 Å². The number of hydrogen-bond acceptors (Lipinski definition) is 8. The topological polar surface area (TPSA) is 104 Å². The van der Waals surface area contributed by atoms with Gasteiger partial charge in [-0.15, -0.1) is 0 Å². The molecule has 8 heteroatoms. The SMILES string of the molecule is c1ccc2c(c1)ccc1c2ccc2c(-c3nc(-c4cccc5oc6ccncc6c45)nc(-c4cccc5oc6ccncc6c45)n3)ccnc21. The number of furan rings is 2. The maximum atomic E-state index is 6.23. The highest BCUT2D eigenvalue weighted by atomic mass is 16.3. The van der Waals surface area contributed by atoms with E-state index in [0.717, 1.165) is 82.2 Å². The van der Waals surface area contributed by atoms with Crippen molar-refractivity contribution in [3.8, 4) is 34.2 Å². The van der Waals surface area contributed by atoms with E-state index in [1.165, 1.54) is 10.8 Å². The van der Waals surface area contributed by atoms with Crippen LogP contribution in [0.3, 0.4) is 0 Å². The Balaban J connectivity index is 1.23. The van der Waals surface area contributed by atoms with Crippen LogP contribution in [0.25, 0.3) is 110 Å². The second kappa shape index (κ2) is 10.2. The van der Waals surface area contributed by atoms with Gasteiger partial charge in [-0.3, -0.25) is 15.0 Å². The fourth-order valence-electron chi connectivity index (χ4n) is 7.35. The van der Waals surface area contributed by atoms with Crippen molar-refractivity contribution in [1.82, 2.24) is 29.9 Å². The molecule has 0 saturated heterocycles. The summed E-state index contributed by atoms with van der Waals surface area (Å²) in [4.78, 5) is 29.3. The Kier molecular flexibility index (Phi) is 5.51. The van der Waals surface area contributed by atoms with E-state index in [0.29, 0.717) is 17.5 Å². The molecule has 6 aromatic heterocycles. The summed E-state index contributed by atoms with van der Waals surface area (Å²) < 4.78 is 12.5. The molecular weight excluding hydrogens is 621 g/mol. The molecule has 5 aromatic carbocycles. The first-order valence-corrected chi connectivity index (χ1v) is 16.3. The lowest BCUT2D eigenvalue weighted by molar-refractivity contribution is 0.668. The molecule has 0 aliphatic heterocycles. The Morgan fingerprint density at radius 2 is 0.980 bits per heavy atom. The molecule has 0 bridgehead atoms. The molecule has 232 valence electrons. The minimum atomic E-state index is 0.516. The Labute approximate surface area is 282 Å². The normalized spacial score (nSPS) is 12.0. The quantitative estimate of drug-likeness (QED) is 0.175. The molecule has 0 aliphatic carbocycles. The smallest absolute Gasteiger partial charge is 0.164 e. The lowest BCUT2D eigenvalue weighted by atomic mass is 9.97. The first-order chi connectivity index (χ1) is 24.8. The number of aromatic nitrogens is 6. The van der Waals surface area contributed by atoms with E-state index >= 15 is 0 Å². The second-order valence-corrected chi connectivity index (χ2v) is 12.3. The lowest BCUT2D eigenvalue weighted by Gasteiger charge is -2.12. The van der Waals surface area contributed by atoms with Crippen LogP contribution in [0.1, 0.15) is 0 Å². The minimum absolute atomic E-state index is 0.516. The van der Waals surface area contributed by atoms with Crippen LogP contribution in [0.4, 0.5) is 0 Å². The van der Waals surface area contributed by atoms with Gasteiger partial charge in [-0.1, -0.05) is 72.8 Å². The molecule has 0 N–H and O–H groups in total. The number of benzene rings is 5. The predicted molar refractivity (Wildman–Crippen MR) is 197 cm³/mol. The van der Waals surface area contributed by atoms with Crippen molar-refractivity contribution in [3.05, 3.63) is 134 Å². The average molecular weight is 643 g/mol. The molecule has 0 unspecified atom stereocenters. The van der Waals surface area contributed by atoms with Gasteiger partial charge in [-0.2, -0.15) is 0 Å². The first kappa shape index (κ1) is 26.9. The molecule has 0 radical (unpaired) electrons. The number of hydrogen-bond donors (Lipinski definition) is 0. The summed E-state index contributed by atoms with van der Waals surface area (Å²) in [5, 5.41) is 9.12. The van der Waals surface area contributed by atoms with Gasteiger partial charge in [0.05, 0.1) is 5.52 Å². The molecule has 0 spiro atoms. The van der Waals surface area contributed by atoms with Crippen LogP contribution >= 0.6 is 0 Å². The zero-order valence-electron chi connectivity index (χ0n) is 26.2. The van der Waals surface area contributed by atoms with Gasteiger partial charge in [0.2, 0.25) is 0 Å². The third-order valence-electron chi connectivity index (χ3n) is 9.58. The van der Waals surface area contributed by atoms with Crippen molar-refractivity contribution in [2.45, 2.75) is 0 Å². The molecule has 0 fully saturated rings. The highest BCUT2D eigenvalue weighted by Crippen LogP contribution is 2.40. The fraction of sp³-hybridized carbons (Fsp3) is 0. The molecule has 50 heavy (non-hydrogen) atoms. The van der Waals surface area contributed by atoms with Crippen molar-refractivity contribution >= 4 is 76.3 Å². The average Bonchev–Trinajstić information content (AvgIpc) is 3.76. The Hall–Kier alpha value is -7.06. The molecule has 0 amide bonds. The van der Waals surface area contributed by atoms with Crippen LogP contribution in [0, 0.1) is 0 Å². The molecule has 0 saturated carbocycles. The standard InChI is InChI=1S/C42H22N6O2/c1-2-6-24-23(5-1)11-12-26-25(24)13-14-27-28(15-20-45-39(26)27)40-46-41(29-7-3-9-35-37(29)31-21-43-18-16-33(31)49-35)48-42(47-40)30-8-4-10-36-38(30)32-22-44-19-17-34(32)50-36/h1-22H. The van der Waals surface area contributed by atoms with E-state index in [9.17, 15) is 0 Å². The zero-order valence-corrected chi connectivity index (χ0v) is 26.2. The highest BCUT2D eigenvalue weighted by molar-refractivity contribution is 6.18. The molecule has 0 aliphatic rings. The molecule has 0 atom stereocenters. The minimum Gasteiger partial charge on any atom is -0.456 e. The zero-order chi connectivity index (χ0) is 32.8. The Morgan fingerprint density at radius 1 is 0.380 bits per heavy atom. The monoisotopic (exact) mass is 642 g/mol. The summed E-state index contributed by atoms with van der Waals surface area (Å²) in [6, 6.07) is 34.6. The second-order valence-electron chi connectivity index (χ2n) is 12.3. The summed E-state index contributed by atoms with van der Waals surface area (Å²) in [5.41, 5.74) is 6.34. The van der Waals surface area contributed by atoms with Crippen LogP contribution in [0.2, 0.25) is 0 Å². The number of rotatable bonds is 3. The molecule has 11 rings (SSSR count). The third kappa shape index (κ3) is 3.87.